The standard InChI is InChI=1S/C32H54ClN3O4SSi2/c1-19(2)43(20(3)4,21(5)6)40-27-14-24(13-23(27)17-37)36-31-26(16-34-18-35-31)29(38)28-15-25(30(33)41-28)22(7)39-42(11,12)32(8,9)10/h15-16,18-24,27,37H,13-14,17H2,1-12H3,(H,34,35,36)/t22-,23-,24-,27+/m1/s1. The number of ketones is 1. The lowest BCUT2D eigenvalue weighted by molar-refractivity contribution is 0.0941. The third-order valence-electron chi connectivity index (χ3n) is 9.88. The van der Waals surface area contributed by atoms with Crippen molar-refractivity contribution in [1.82, 2.24) is 9.97 Å². The van der Waals surface area contributed by atoms with Crippen LogP contribution in [0.2, 0.25) is 39.1 Å². The van der Waals surface area contributed by atoms with Gasteiger partial charge in [0.05, 0.1) is 27.0 Å². The molecular formula is C32H54ClN3O4SSi2. The van der Waals surface area contributed by atoms with Crippen LogP contribution in [0.25, 0.3) is 0 Å². The van der Waals surface area contributed by atoms with Crippen molar-refractivity contribution in [3.05, 3.63) is 38.9 Å². The Morgan fingerprint density at radius 3 is 2.26 bits per heavy atom. The maximum Gasteiger partial charge on any atom is 0.208 e. The summed E-state index contributed by atoms with van der Waals surface area (Å²) in [7, 11) is -4.15. The summed E-state index contributed by atoms with van der Waals surface area (Å²) >= 11 is 7.95. The molecule has 11 heteroatoms. The van der Waals surface area contributed by atoms with Crippen LogP contribution in [-0.2, 0) is 8.85 Å². The summed E-state index contributed by atoms with van der Waals surface area (Å²) in [4.78, 5) is 23.0. The van der Waals surface area contributed by atoms with Gasteiger partial charge in [-0.25, -0.2) is 9.97 Å². The first-order chi connectivity index (χ1) is 19.9. The molecule has 0 aromatic carbocycles. The SMILES string of the molecule is CC(C)[Si](O[C@H]1C[C@H](Nc2ncncc2C(=O)c2cc([C@@H](C)O[Si](C)(C)C(C)(C)C)c(Cl)s2)C[C@@H]1CO)(C(C)C)C(C)C. The highest BCUT2D eigenvalue weighted by molar-refractivity contribution is 7.18. The number of carbonyl (C=O) groups is 1. The predicted octanol–water partition coefficient (Wildman–Crippen LogP) is 9.25. The molecule has 4 atom stereocenters. The minimum atomic E-state index is -2.12. The van der Waals surface area contributed by atoms with Gasteiger partial charge < -0.3 is 19.3 Å². The molecule has 2 N–H and O–H groups in total. The number of aliphatic hydroxyl groups is 1. The third-order valence-corrected chi connectivity index (χ3v) is 21.9. The first-order valence-corrected chi connectivity index (χ1v) is 22.0. The topological polar surface area (TPSA) is 93.6 Å². The van der Waals surface area contributed by atoms with Crippen molar-refractivity contribution in [3.8, 4) is 0 Å². The van der Waals surface area contributed by atoms with E-state index in [0.717, 1.165) is 18.4 Å². The molecule has 3 rings (SSSR count). The molecule has 0 aliphatic heterocycles. The van der Waals surface area contributed by atoms with Crippen LogP contribution >= 0.6 is 22.9 Å². The van der Waals surface area contributed by atoms with Crippen LogP contribution < -0.4 is 5.32 Å². The highest BCUT2D eigenvalue weighted by Gasteiger charge is 2.49. The minimum Gasteiger partial charge on any atom is -0.413 e. The first-order valence-electron chi connectivity index (χ1n) is 15.7. The molecule has 242 valence electrons. The number of carbonyl (C=O) groups excluding carboxylic acids is 1. The zero-order valence-electron chi connectivity index (χ0n) is 28.2. The Balaban J connectivity index is 1.82. The number of hydrogen-bond donors (Lipinski definition) is 2. The largest absolute Gasteiger partial charge is 0.413 e. The molecular weight excluding hydrogens is 614 g/mol. The van der Waals surface area contributed by atoms with Gasteiger partial charge >= 0.3 is 0 Å². The van der Waals surface area contributed by atoms with Crippen molar-refractivity contribution in [1.29, 1.82) is 0 Å². The molecule has 0 saturated heterocycles. The van der Waals surface area contributed by atoms with Crippen LogP contribution in [-0.4, -0.2) is 56.2 Å². The minimum absolute atomic E-state index is 0.0160. The number of aliphatic hydroxyl groups excluding tert-OH is 1. The van der Waals surface area contributed by atoms with Crippen molar-refractivity contribution in [2.75, 3.05) is 11.9 Å². The molecule has 0 bridgehead atoms. The van der Waals surface area contributed by atoms with Gasteiger partial charge in [-0.15, -0.1) is 11.3 Å². The van der Waals surface area contributed by atoms with E-state index in [1.54, 1.807) is 6.20 Å². The maximum absolute atomic E-state index is 13.8. The van der Waals surface area contributed by atoms with E-state index in [1.165, 1.54) is 17.7 Å². The van der Waals surface area contributed by atoms with Crippen LogP contribution in [0.5, 0.6) is 0 Å². The fourth-order valence-corrected chi connectivity index (χ4v) is 15.0. The quantitative estimate of drug-likeness (QED) is 0.162. The van der Waals surface area contributed by atoms with E-state index in [4.69, 9.17) is 20.5 Å². The number of nitrogens with one attached hydrogen (secondary N) is 1. The van der Waals surface area contributed by atoms with E-state index >= 15 is 0 Å². The van der Waals surface area contributed by atoms with E-state index in [0.29, 0.717) is 37.2 Å². The van der Waals surface area contributed by atoms with Crippen LogP contribution in [0.15, 0.2) is 18.6 Å². The summed E-state index contributed by atoms with van der Waals surface area (Å²) in [5.74, 6) is 0.359. The van der Waals surface area contributed by atoms with Crippen LogP contribution in [0.4, 0.5) is 5.82 Å². The Labute approximate surface area is 270 Å². The molecule has 1 aliphatic carbocycles. The smallest absolute Gasteiger partial charge is 0.208 e. The number of halogens is 1. The van der Waals surface area contributed by atoms with E-state index in [9.17, 15) is 9.90 Å². The van der Waals surface area contributed by atoms with Gasteiger partial charge in [-0.2, -0.15) is 0 Å². The molecule has 1 fully saturated rings. The van der Waals surface area contributed by atoms with Gasteiger partial charge in [0.2, 0.25) is 14.1 Å². The molecule has 1 aliphatic rings. The molecule has 7 nitrogen and oxygen atoms in total. The van der Waals surface area contributed by atoms with Gasteiger partial charge in [-0.1, -0.05) is 73.9 Å². The van der Waals surface area contributed by atoms with E-state index < -0.39 is 16.6 Å². The van der Waals surface area contributed by atoms with E-state index in [2.05, 4.69) is 90.7 Å². The van der Waals surface area contributed by atoms with Gasteiger partial charge in [0.1, 0.15) is 12.1 Å². The first kappa shape index (κ1) is 36.3. The van der Waals surface area contributed by atoms with Gasteiger partial charge in [0.25, 0.3) is 0 Å². The Hall–Kier alpha value is -1.15. The lowest BCUT2D eigenvalue weighted by Crippen LogP contribution is -2.51. The second-order valence-corrected chi connectivity index (χ2v) is 26.5. The second-order valence-electron chi connectivity index (χ2n) is 14.7. The number of aromatic nitrogens is 2. The Bertz CT molecular complexity index is 1230. The monoisotopic (exact) mass is 667 g/mol. The Morgan fingerprint density at radius 2 is 1.72 bits per heavy atom. The zero-order chi connectivity index (χ0) is 32.5. The fourth-order valence-electron chi connectivity index (χ4n) is 6.60. The molecule has 2 aromatic rings. The summed E-state index contributed by atoms with van der Waals surface area (Å²) in [5.41, 5.74) is 2.62. The van der Waals surface area contributed by atoms with Gasteiger partial charge in [0.15, 0.2) is 8.32 Å². The van der Waals surface area contributed by atoms with E-state index in [-0.39, 0.29) is 41.6 Å². The molecule has 0 unspecified atom stereocenters. The molecule has 0 amide bonds. The van der Waals surface area contributed by atoms with Crippen molar-refractivity contribution >= 4 is 51.2 Å². The lowest BCUT2D eigenvalue weighted by Gasteiger charge is -2.45. The highest BCUT2D eigenvalue weighted by Crippen LogP contribution is 2.46. The molecule has 0 spiro atoms. The van der Waals surface area contributed by atoms with Crippen molar-refractivity contribution in [2.45, 2.75) is 135 Å². The molecule has 0 radical (unpaired) electrons. The number of thiophene rings is 1. The van der Waals surface area contributed by atoms with Crippen LogP contribution in [0.1, 0.15) is 109 Å². The average molecular weight is 668 g/mol. The predicted molar refractivity (Wildman–Crippen MR) is 185 cm³/mol. The lowest BCUT2D eigenvalue weighted by atomic mass is 10.1. The summed E-state index contributed by atoms with van der Waals surface area (Å²) in [6.07, 6.45) is 4.27. The van der Waals surface area contributed by atoms with Crippen molar-refractivity contribution < 1.29 is 18.8 Å². The number of anilines is 1. The summed E-state index contributed by atoms with van der Waals surface area (Å²) < 4.78 is 14.3. The summed E-state index contributed by atoms with van der Waals surface area (Å²) in [6, 6.07) is 1.88. The molecule has 2 aromatic heterocycles. The maximum atomic E-state index is 13.8. The van der Waals surface area contributed by atoms with Gasteiger partial charge in [-0.05, 0) is 60.6 Å². The number of rotatable bonds is 13. The molecule has 43 heavy (non-hydrogen) atoms. The normalized spacial score (nSPS) is 20.8. The summed E-state index contributed by atoms with van der Waals surface area (Å²) in [6.45, 7) is 26.8. The molecule has 2 heterocycles. The van der Waals surface area contributed by atoms with Gasteiger partial charge in [-0.3, -0.25) is 4.79 Å². The summed E-state index contributed by atoms with van der Waals surface area (Å²) in [5, 5.41) is 13.9. The van der Waals surface area contributed by atoms with E-state index in [1.807, 2.05) is 13.0 Å². The van der Waals surface area contributed by atoms with Crippen molar-refractivity contribution in [3.63, 3.8) is 0 Å². The average Bonchev–Trinajstić information content (AvgIpc) is 3.48. The highest BCUT2D eigenvalue weighted by atomic mass is 35.5. The Kier molecular flexibility index (Phi) is 11.9. The van der Waals surface area contributed by atoms with Crippen molar-refractivity contribution in [2.24, 2.45) is 5.92 Å². The van der Waals surface area contributed by atoms with Gasteiger partial charge in [0, 0.05) is 30.3 Å². The zero-order valence-corrected chi connectivity index (χ0v) is 31.8. The third kappa shape index (κ3) is 7.81. The Morgan fingerprint density at radius 1 is 1.12 bits per heavy atom. The van der Waals surface area contributed by atoms with Crippen LogP contribution in [0, 0.1) is 5.92 Å². The molecule has 1 saturated carbocycles. The van der Waals surface area contributed by atoms with Crippen LogP contribution in [0.3, 0.4) is 0 Å². The number of hydrogen-bond acceptors (Lipinski definition) is 8. The fraction of sp³-hybridized carbons (Fsp3) is 0.719. The second kappa shape index (κ2) is 14.1. The number of nitrogens with zero attached hydrogens (tertiary/aromatic N) is 2.